The van der Waals surface area contributed by atoms with E-state index < -0.39 is 0 Å². The van der Waals surface area contributed by atoms with Gasteiger partial charge in [-0.1, -0.05) is 69.4 Å². The minimum atomic E-state index is -0.198. The second kappa shape index (κ2) is 11.3. The van der Waals surface area contributed by atoms with E-state index in [9.17, 15) is 4.79 Å². The lowest BCUT2D eigenvalue weighted by Gasteiger charge is -2.21. The van der Waals surface area contributed by atoms with E-state index in [-0.39, 0.29) is 17.5 Å². The van der Waals surface area contributed by atoms with E-state index in [2.05, 4.69) is 21.9 Å². The number of azide groups is 1. The van der Waals surface area contributed by atoms with Gasteiger partial charge in [-0.05, 0) is 48.1 Å². The molecule has 0 fully saturated rings. The molecule has 1 N–H and O–H groups in total. The fourth-order valence-corrected chi connectivity index (χ4v) is 3.96. The molecule has 168 valence electrons. The highest BCUT2D eigenvalue weighted by Crippen LogP contribution is 2.32. The van der Waals surface area contributed by atoms with Crippen LogP contribution in [-0.4, -0.2) is 22.6 Å². The van der Waals surface area contributed by atoms with Gasteiger partial charge in [-0.25, -0.2) is 4.98 Å². The molecule has 1 heterocycles. The van der Waals surface area contributed by atoms with E-state index in [1.807, 2.05) is 50.2 Å². The Labute approximate surface area is 188 Å². The predicted molar refractivity (Wildman–Crippen MR) is 129 cm³/mol. The third kappa shape index (κ3) is 5.29. The number of nitrogens with one attached hydrogen (secondary N) is 1. The number of unbranched alkanes of at least 4 members (excludes halogenated alkanes) is 2. The van der Waals surface area contributed by atoms with E-state index in [1.165, 1.54) is 0 Å². The minimum Gasteiger partial charge on any atom is -0.493 e. The Balaban J connectivity index is 2.09. The highest BCUT2D eigenvalue weighted by Gasteiger charge is 2.21. The molecular formula is C25H31N5O2. The molecular weight excluding hydrogens is 402 g/mol. The fourth-order valence-electron chi connectivity index (χ4n) is 3.96. The first-order valence-electron chi connectivity index (χ1n) is 11.4. The molecule has 2 atom stereocenters. The van der Waals surface area contributed by atoms with Crippen molar-refractivity contribution in [3.05, 3.63) is 68.8 Å². The van der Waals surface area contributed by atoms with Gasteiger partial charge >= 0.3 is 0 Å². The molecule has 0 amide bonds. The van der Waals surface area contributed by atoms with Gasteiger partial charge in [0, 0.05) is 11.0 Å². The summed E-state index contributed by atoms with van der Waals surface area (Å²) in [6, 6.07) is 13.0. The van der Waals surface area contributed by atoms with Crippen molar-refractivity contribution in [2.24, 2.45) is 5.11 Å². The van der Waals surface area contributed by atoms with Crippen molar-refractivity contribution in [1.29, 1.82) is 0 Å². The molecule has 0 bridgehead atoms. The number of benzene rings is 2. The van der Waals surface area contributed by atoms with Crippen LogP contribution >= 0.6 is 0 Å². The van der Waals surface area contributed by atoms with E-state index in [0.29, 0.717) is 29.1 Å². The molecule has 3 aromatic rings. The summed E-state index contributed by atoms with van der Waals surface area (Å²) >= 11 is 0. The van der Waals surface area contributed by atoms with E-state index in [0.717, 1.165) is 43.2 Å². The van der Waals surface area contributed by atoms with Crippen molar-refractivity contribution >= 4 is 10.9 Å². The molecule has 32 heavy (non-hydrogen) atoms. The Morgan fingerprint density at radius 3 is 2.69 bits per heavy atom. The van der Waals surface area contributed by atoms with Gasteiger partial charge in [0.1, 0.15) is 11.6 Å². The normalized spacial score (nSPS) is 12.8. The van der Waals surface area contributed by atoms with Crippen LogP contribution in [0.15, 0.2) is 52.4 Å². The molecule has 7 nitrogen and oxygen atoms in total. The lowest BCUT2D eigenvalue weighted by molar-refractivity contribution is 0.318. The summed E-state index contributed by atoms with van der Waals surface area (Å²) in [4.78, 5) is 23.8. The number of hydrogen-bond donors (Lipinski definition) is 1. The molecule has 1 aromatic heterocycles. The van der Waals surface area contributed by atoms with Crippen molar-refractivity contribution in [1.82, 2.24) is 9.97 Å². The maximum Gasteiger partial charge on any atom is 0.259 e. The standard InChI is InChI=1S/C25H31N5O2/c1-4-6-7-14-21(29-30-26)17(3)18-12-10-13-20-23(18)27-24(28-25(20)31)19-11-8-9-15-22(19)32-16-5-2/h8-13,15,17,21H,4-7,14,16H2,1-3H3,(H,27,28,31). The summed E-state index contributed by atoms with van der Waals surface area (Å²) in [6.45, 7) is 6.83. The van der Waals surface area contributed by atoms with Gasteiger partial charge in [-0.15, -0.1) is 0 Å². The largest absolute Gasteiger partial charge is 0.493 e. The monoisotopic (exact) mass is 433 g/mol. The molecule has 0 aliphatic heterocycles. The van der Waals surface area contributed by atoms with Crippen LogP contribution in [0.4, 0.5) is 0 Å². The van der Waals surface area contributed by atoms with Gasteiger partial charge in [-0.3, -0.25) is 4.79 Å². The number of fused-ring (bicyclic) bond motifs is 1. The van der Waals surface area contributed by atoms with Gasteiger partial charge in [0.05, 0.1) is 23.1 Å². The van der Waals surface area contributed by atoms with E-state index in [4.69, 9.17) is 15.3 Å². The number of ether oxygens (including phenoxy) is 1. The van der Waals surface area contributed by atoms with Gasteiger partial charge in [0.15, 0.2) is 0 Å². The average molecular weight is 434 g/mol. The van der Waals surface area contributed by atoms with Crippen molar-refractivity contribution < 1.29 is 4.74 Å². The fraction of sp³-hybridized carbons (Fsp3) is 0.440. The van der Waals surface area contributed by atoms with Gasteiger partial charge < -0.3 is 9.72 Å². The summed E-state index contributed by atoms with van der Waals surface area (Å²) in [5.41, 5.74) is 11.2. The minimum absolute atomic E-state index is 0.0693. The number of aromatic amines is 1. The summed E-state index contributed by atoms with van der Waals surface area (Å²) in [7, 11) is 0. The van der Waals surface area contributed by atoms with Crippen LogP contribution in [0.3, 0.4) is 0 Å². The van der Waals surface area contributed by atoms with Crippen molar-refractivity contribution in [3.63, 3.8) is 0 Å². The number of para-hydroxylation sites is 2. The smallest absolute Gasteiger partial charge is 0.259 e. The molecule has 0 saturated carbocycles. The predicted octanol–water partition coefficient (Wildman–Crippen LogP) is 6.74. The highest BCUT2D eigenvalue weighted by atomic mass is 16.5. The molecule has 0 spiro atoms. The molecule has 0 radical (unpaired) electrons. The first kappa shape index (κ1) is 23.4. The summed E-state index contributed by atoms with van der Waals surface area (Å²) < 4.78 is 5.88. The highest BCUT2D eigenvalue weighted by molar-refractivity contribution is 5.83. The summed E-state index contributed by atoms with van der Waals surface area (Å²) in [5, 5.41) is 4.60. The SMILES string of the molecule is CCCCCC(N=[N+]=[N-])C(C)c1cccc2c(=O)[nH]c(-c3ccccc3OCCC)nc12. The van der Waals surface area contributed by atoms with Crippen molar-refractivity contribution in [3.8, 4) is 17.1 Å². The molecule has 3 rings (SSSR count). The average Bonchev–Trinajstić information content (AvgIpc) is 2.81. The summed E-state index contributed by atoms with van der Waals surface area (Å²) in [5.74, 6) is 1.09. The van der Waals surface area contributed by atoms with Crippen LogP contribution in [-0.2, 0) is 0 Å². The van der Waals surface area contributed by atoms with E-state index in [1.54, 1.807) is 6.07 Å². The lowest BCUT2D eigenvalue weighted by Crippen LogP contribution is -2.17. The number of hydrogen-bond acceptors (Lipinski definition) is 4. The zero-order valence-electron chi connectivity index (χ0n) is 19.0. The molecule has 0 saturated heterocycles. The Kier molecular flexibility index (Phi) is 8.28. The third-order valence-electron chi connectivity index (χ3n) is 5.74. The second-order valence-electron chi connectivity index (χ2n) is 8.06. The maximum absolute atomic E-state index is 13.0. The number of nitrogens with zero attached hydrogens (tertiary/aromatic N) is 4. The van der Waals surface area contributed by atoms with Crippen LogP contribution in [0.2, 0.25) is 0 Å². The maximum atomic E-state index is 13.0. The summed E-state index contributed by atoms with van der Waals surface area (Å²) in [6.07, 6.45) is 4.88. The molecule has 2 unspecified atom stereocenters. The lowest BCUT2D eigenvalue weighted by atomic mass is 9.89. The van der Waals surface area contributed by atoms with Gasteiger partial charge in [0.25, 0.3) is 5.56 Å². The Hall–Kier alpha value is -3.31. The van der Waals surface area contributed by atoms with Crippen molar-refractivity contribution in [2.45, 2.75) is 64.8 Å². The third-order valence-corrected chi connectivity index (χ3v) is 5.74. The van der Waals surface area contributed by atoms with E-state index >= 15 is 0 Å². The van der Waals surface area contributed by atoms with Crippen LogP contribution in [0.25, 0.3) is 32.7 Å². The first-order valence-corrected chi connectivity index (χ1v) is 11.4. The number of rotatable bonds is 11. The number of H-pyrrole nitrogens is 1. The Morgan fingerprint density at radius 2 is 1.94 bits per heavy atom. The number of aromatic nitrogens is 2. The first-order chi connectivity index (χ1) is 15.6. The molecule has 7 heteroatoms. The van der Waals surface area contributed by atoms with Crippen LogP contribution < -0.4 is 10.3 Å². The second-order valence-corrected chi connectivity index (χ2v) is 8.06. The Bertz CT molecular complexity index is 1150. The quantitative estimate of drug-likeness (QED) is 0.157. The zero-order chi connectivity index (χ0) is 22.9. The molecule has 2 aromatic carbocycles. The topological polar surface area (TPSA) is 104 Å². The Morgan fingerprint density at radius 1 is 1.12 bits per heavy atom. The zero-order valence-corrected chi connectivity index (χ0v) is 19.0. The molecule has 0 aliphatic rings. The van der Waals surface area contributed by atoms with Crippen molar-refractivity contribution in [2.75, 3.05) is 6.61 Å². The van der Waals surface area contributed by atoms with Crippen LogP contribution in [0.5, 0.6) is 5.75 Å². The molecule has 0 aliphatic carbocycles. The van der Waals surface area contributed by atoms with Gasteiger partial charge in [-0.2, -0.15) is 0 Å². The van der Waals surface area contributed by atoms with Crippen LogP contribution in [0, 0.1) is 0 Å². The van der Waals surface area contributed by atoms with Gasteiger partial charge in [0.2, 0.25) is 0 Å². The van der Waals surface area contributed by atoms with Crippen LogP contribution in [0.1, 0.15) is 64.4 Å².